The molecule has 1 aromatic heterocycles. The van der Waals surface area contributed by atoms with Crippen molar-refractivity contribution in [3.8, 4) is 5.75 Å². The SMILES string of the molecule is C=C/C(=C\C)P(=O)(c1ccccc1)c1ccccc1.Cc1ccc(N(c2ccc(C)cc2)c2ccc3c(O)c(C(=O)C(F)(F)F)c(=O)oc3c2)cc1.O=P(c1ccccc1)(c1ccccc1)c1ccccc1.[Eu]. The van der Waals surface area contributed by atoms with Crippen molar-refractivity contribution in [3.05, 3.63) is 270 Å². The first-order valence-electron chi connectivity index (χ1n) is 22.7. The number of hydrogen-bond donors (Lipinski definition) is 1. The van der Waals surface area contributed by atoms with E-state index >= 15 is 0 Å². The fourth-order valence-electron chi connectivity index (χ4n) is 8.00. The van der Waals surface area contributed by atoms with Crippen LogP contribution in [0, 0.1) is 63.2 Å². The van der Waals surface area contributed by atoms with Crippen molar-refractivity contribution in [1.29, 1.82) is 0 Å². The standard InChI is InChI=1S/C25H18F3NO4.C18H15OP.C17H17OP.Eu/c1-14-3-7-16(8-4-14)29(17-9-5-15(2)6-10-17)18-11-12-19-20(13-18)33-24(32)21(22(19)30)23(31)25(26,27)28;19-20(16-10-4-1-5-11-16,17-12-6-2-7-13-17)18-14-8-3-9-15-18;1-3-15(4-2)19(18,16-11-7-5-8-12-16)17-13-9-6-10-14-17;/h3-13,30H,1-2H3;1-15H;3-14H,1H2,2H3;/b;;15-4+;. The Morgan fingerprint density at radius 2 is 0.932 bits per heavy atom. The number of carbonyl (C=O) groups is 1. The van der Waals surface area contributed by atoms with Gasteiger partial charge in [0.1, 0.15) is 11.3 Å². The third kappa shape index (κ3) is 12.7. The molecule has 8 aromatic carbocycles. The van der Waals surface area contributed by atoms with Crippen LogP contribution in [0.3, 0.4) is 0 Å². The number of alkyl halides is 3. The maximum absolute atomic E-state index is 13.8. The van der Waals surface area contributed by atoms with Gasteiger partial charge < -0.3 is 23.6 Å². The number of halogens is 3. The fraction of sp³-hybridized carbons (Fsp3) is 0.0667. The molecule has 0 bridgehead atoms. The molecule has 0 aliphatic heterocycles. The van der Waals surface area contributed by atoms with Crippen LogP contribution in [0.4, 0.5) is 30.2 Å². The van der Waals surface area contributed by atoms with E-state index in [1.54, 1.807) is 12.1 Å². The number of nitrogens with zero attached hydrogens (tertiary/aromatic N) is 1. The Hall–Kier alpha value is -6.45. The van der Waals surface area contributed by atoms with Crippen LogP contribution in [0.2, 0.25) is 0 Å². The number of anilines is 3. The molecule has 1 heterocycles. The van der Waals surface area contributed by atoms with Gasteiger partial charge in [0.25, 0.3) is 5.78 Å². The van der Waals surface area contributed by atoms with Crippen LogP contribution < -0.4 is 37.0 Å². The molecule has 0 aliphatic carbocycles. The first-order valence-corrected chi connectivity index (χ1v) is 26.1. The molecule has 0 fully saturated rings. The molecule has 1 radical (unpaired) electrons. The minimum absolute atomic E-state index is 0. The second-order valence-electron chi connectivity index (χ2n) is 16.4. The van der Waals surface area contributed by atoms with Gasteiger partial charge in [-0.15, -0.1) is 0 Å². The van der Waals surface area contributed by atoms with Gasteiger partial charge in [0.2, 0.25) is 0 Å². The van der Waals surface area contributed by atoms with E-state index in [1.807, 2.05) is 232 Å². The molecular weight excluding hydrogens is 1100 g/mol. The number of rotatable bonds is 11. The molecule has 0 unspecified atom stereocenters. The maximum Gasteiger partial charge on any atom is 0.455 e. The van der Waals surface area contributed by atoms with Crippen LogP contribution in [0.25, 0.3) is 11.0 Å². The number of fused-ring (bicyclic) bond motifs is 1. The summed E-state index contributed by atoms with van der Waals surface area (Å²) in [7, 11) is -5.57. The van der Waals surface area contributed by atoms with Gasteiger partial charge in [0.15, 0.2) is 19.8 Å². The largest absolute Gasteiger partial charge is 0.506 e. The molecule has 0 spiro atoms. The number of ketones is 1. The van der Waals surface area contributed by atoms with Gasteiger partial charge in [-0.2, -0.15) is 13.2 Å². The quantitative estimate of drug-likeness (QED) is 0.0595. The summed E-state index contributed by atoms with van der Waals surface area (Å²) in [5.41, 5.74) is 1.08. The molecule has 1 N–H and O–H groups in total. The van der Waals surface area contributed by atoms with Crippen LogP contribution in [0.15, 0.2) is 252 Å². The van der Waals surface area contributed by atoms with E-state index in [-0.39, 0.29) is 60.3 Å². The fourth-order valence-corrected chi connectivity index (χ4v) is 13.4. The summed E-state index contributed by atoms with van der Waals surface area (Å²) >= 11 is 0. The number of Topliss-reactive ketones (excluding diaryl/α,β-unsaturated/α-hetero) is 1. The molecule has 13 heteroatoms. The summed E-state index contributed by atoms with van der Waals surface area (Å²) in [5, 5.41) is 15.2. The van der Waals surface area contributed by atoms with E-state index in [2.05, 4.69) is 6.58 Å². The number of aromatic hydroxyl groups is 1. The second kappa shape index (κ2) is 25.0. The summed E-state index contributed by atoms with van der Waals surface area (Å²) in [6.07, 6.45) is -1.75. The van der Waals surface area contributed by atoms with E-state index in [0.717, 1.165) is 54.3 Å². The molecule has 9 aromatic rings. The van der Waals surface area contributed by atoms with Crippen LogP contribution in [-0.4, -0.2) is 17.1 Å². The molecule has 9 rings (SSSR count). The zero-order valence-electron chi connectivity index (χ0n) is 40.0. The number of hydrogen-bond acceptors (Lipinski definition) is 7. The van der Waals surface area contributed by atoms with Crippen molar-refractivity contribution in [2.45, 2.75) is 26.9 Å². The number of allylic oxidation sites excluding steroid dienone is 3. The summed E-state index contributed by atoms with van der Waals surface area (Å²) in [6, 6.07) is 68.0. The average Bonchev–Trinajstić information content (AvgIpc) is 3.41. The summed E-state index contributed by atoms with van der Waals surface area (Å²) < 4.78 is 71.0. The topological polar surface area (TPSA) is 105 Å². The average molecular weight is 1150 g/mol. The van der Waals surface area contributed by atoms with Gasteiger partial charge in [-0.1, -0.05) is 206 Å². The van der Waals surface area contributed by atoms with E-state index in [0.29, 0.717) is 5.69 Å². The van der Waals surface area contributed by atoms with E-state index in [4.69, 9.17) is 4.42 Å². The first kappa shape index (κ1) is 55.9. The third-order valence-electron chi connectivity index (χ3n) is 11.7. The predicted molar refractivity (Wildman–Crippen MR) is 288 cm³/mol. The summed E-state index contributed by atoms with van der Waals surface area (Å²) in [4.78, 5) is 25.6. The Balaban J connectivity index is 0.000000188. The number of benzene rings is 8. The molecular formula is C60H50EuF3NO6P2. The van der Waals surface area contributed by atoms with Gasteiger partial charge in [-0.25, -0.2) is 4.79 Å². The summed E-state index contributed by atoms with van der Waals surface area (Å²) in [6.45, 7) is 9.61. The molecule has 0 saturated heterocycles. The number of aryl methyl sites for hydroxylation is 2. The maximum atomic E-state index is 13.8. The Bertz CT molecular complexity index is 3290. The van der Waals surface area contributed by atoms with Crippen molar-refractivity contribution in [3.63, 3.8) is 0 Å². The second-order valence-corrected chi connectivity index (χ2v) is 22.0. The van der Waals surface area contributed by atoms with Crippen molar-refractivity contribution >= 4 is 74.6 Å². The molecule has 73 heavy (non-hydrogen) atoms. The van der Waals surface area contributed by atoms with Gasteiger partial charge in [0, 0.05) is 104 Å². The predicted octanol–water partition coefficient (Wildman–Crippen LogP) is 13.7. The zero-order valence-corrected chi connectivity index (χ0v) is 44.2. The smallest absolute Gasteiger partial charge is 0.455 e. The zero-order chi connectivity index (χ0) is 51.5. The van der Waals surface area contributed by atoms with Gasteiger partial charge in [-0.05, 0) is 57.2 Å². The molecule has 369 valence electrons. The van der Waals surface area contributed by atoms with Gasteiger partial charge in [0.05, 0.1) is 5.39 Å². The van der Waals surface area contributed by atoms with Crippen molar-refractivity contribution < 1.29 is 86.0 Å². The summed E-state index contributed by atoms with van der Waals surface area (Å²) in [5.74, 6) is -3.52. The molecule has 0 amide bonds. The molecule has 0 aliphatic rings. The van der Waals surface area contributed by atoms with E-state index in [1.165, 1.54) is 12.1 Å². The molecule has 0 atom stereocenters. The van der Waals surface area contributed by atoms with Gasteiger partial charge in [-0.3, -0.25) is 4.79 Å². The monoisotopic (exact) mass is 1150 g/mol. The van der Waals surface area contributed by atoms with Crippen LogP contribution in [0.1, 0.15) is 28.4 Å². The first-order chi connectivity index (χ1) is 34.6. The Morgan fingerprint density at radius 3 is 1.27 bits per heavy atom. The Labute approximate surface area is 463 Å². The Kier molecular flexibility index (Phi) is 19.1. The van der Waals surface area contributed by atoms with Crippen molar-refractivity contribution in [1.82, 2.24) is 0 Å². The minimum atomic E-state index is -5.33. The molecule has 7 nitrogen and oxygen atoms in total. The van der Waals surface area contributed by atoms with Gasteiger partial charge >= 0.3 is 11.8 Å². The number of carbonyl (C=O) groups excluding carboxylic acids is 1. The van der Waals surface area contributed by atoms with Crippen molar-refractivity contribution in [2.75, 3.05) is 4.90 Å². The van der Waals surface area contributed by atoms with Crippen LogP contribution >= 0.6 is 14.3 Å². The third-order valence-corrected chi connectivity index (χ3v) is 18.0. The van der Waals surface area contributed by atoms with Crippen LogP contribution in [-0.2, 0) is 9.13 Å². The normalized spacial score (nSPS) is 11.5. The van der Waals surface area contributed by atoms with E-state index in [9.17, 15) is 37.0 Å². The van der Waals surface area contributed by atoms with Crippen molar-refractivity contribution in [2.24, 2.45) is 0 Å². The Morgan fingerprint density at radius 1 is 0.575 bits per heavy atom. The minimum Gasteiger partial charge on any atom is -0.506 e. The van der Waals surface area contributed by atoms with E-state index < -0.39 is 43.2 Å². The van der Waals surface area contributed by atoms with Crippen LogP contribution in [0.5, 0.6) is 5.75 Å². The molecule has 0 saturated carbocycles.